The molecule has 60 heavy (non-hydrogen) atoms. The largest absolute Gasteiger partial charge is 0.456 e. The maximum Gasteiger partial charge on any atom is 0.143 e. The SMILES string of the molecule is CC1(C)c2ccccc2-c2ccc(N(c3ccc(-c4cccc5c4oc4ccccc45)cc3)c3cccc4c3-c3ccccc3-c3cc(-c5ccccc5)ccc3O4)cc21. The smallest absolute Gasteiger partial charge is 0.143 e. The van der Waals surface area contributed by atoms with E-state index in [0.29, 0.717) is 0 Å². The lowest BCUT2D eigenvalue weighted by Gasteiger charge is -2.30. The van der Waals surface area contributed by atoms with Gasteiger partial charge in [0, 0.05) is 44.3 Å². The quantitative estimate of drug-likeness (QED) is 0.174. The fourth-order valence-electron chi connectivity index (χ4n) is 9.78. The molecule has 0 saturated carbocycles. The average molecular weight is 770 g/mol. The number of para-hydroxylation sites is 2. The summed E-state index contributed by atoms with van der Waals surface area (Å²) < 4.78 is 13.5. The molecule has 9 aromatic carbocycles. The second-order valence-corrected chi connectivity index (χ2v) is 16.4. The van der Waals surface area contributed by atoms with Crippen LogP contribution in [0.1, 0.15) is 25.0 Å². The van der Waals surface area contributed by atoms with E-state index in [4.69, 9.17) is 9.15 Å². The molecule has 1 aromatic heterocycles. The van der Waals surface area contributed by atoms with Gasteiger partial charge in [-0.25, -0.2) is 0 Å². The average Bonchev–Trinajstić information content (AvgIpc) is 3.74. The van der Waals surface area contributed by atoms with Gasteiger partial charge in [-0.2, -0.15) is 0 Å². The predicted molar refractivity (Wildman–Crippen MR) is 248 cm³/mol. The molecule has 0 bridgehead atoms. The van der Waals surface area contributed by atoms with E-state index < -0.39 is 0 Å². The highest BCUT2D eigenvalue weighted by Gasteiger charge is 2.36. The summed E-state index contributed by atoms with van der Waals surface area (Å²) >= 11 is 0. The van der Waals surface area contributed by atoms with Crippen molar-refractivity contribution in [1.29, 1.82) is 0 Å². The first-order valence-electron chi connectivity index (χ1n) is 20.7. The molecule has 0 amide bonds. The van der Waals surface area contributed by atoms with Crippen molar-refractivity contribution in [3.8, 4) is 67.1 Å². The third kappa shape index (κ3) is 5.22. The summed E-state index contributed by atoms with van der Waals surface area (Å²) in [5.74, 6) is 1.66. The Morgan fingerprint density at radius 2 is 1.07 bits per heavy atom. The molecule has 284 valence electrons. The third-order valence-electron chi connectivity index (χ3n) is 12.7. The fraction of sp³-hybridized carbons (Fsp3) is 0.0526. The van der Waals surface area contributed by atoms with Gasteiger partial charge in [-0.3, -0.25) is 0 Å². The van der Waals surface area contributed by atoms with E-state index in [1.54, 1.807) is 0 Å². The monoisotopic (exact) mass is 769 g/mol. The van der Waals surface area contributed by atoms with Crippen LogP contribution in [0.5, 0.6) is 11.5 Å². The lowest BCUT2D eigenvalue weighted by atomic mass is 9.82. The molecule has 12 rings (SSSR count). The van der Waals surface area contributed by atoms with Gasteiger partial charge in [-0.1, -0.05) is 159 Å². The van der Waals surface area contributed by atoms with E-state index in [-0.39, 0.29) is 5.41 Å². The molecule has 10 aromatic rings. The Hall–Kier alpha value is -7.62. The molecule has 0 radical (unpaired) electrons. The van der Waals surface area contributed by atoms with Crippen LogP contribution < -0.4 is 9.64 Å². The highest BCUT2D eigenvalue weighted by Crippen LogP contribution is 2.55. The molecule has 0 N–H and O–H groups in total. The minimum Gasteiger partial charge on any atom is -0.456 e. The van der Waals surface area contributed by atoms with Crippen molar-refractivity contribution >= 4 is 39.0 Å². The maximum atomic E-state index is 6.99. The van der Waals surface area contributed by atoms with Gasteiger partial charge in [0.25, 0.3) is 0 Å². The molecule has 0 atom stereocenters. The van der Waals surface area contributed by atoms with E-state index in [1.807, 2.05) is 12.1 Å². The van der Waals surface area contributed by atoms with Gasteiger partial charge in [0.15, 0.2) is 0 Å². The van der Waals surface area contributed by atoms with Gasteiger partial charge in [0.1, 0.15) is 22.7 Å². The minimum atomic E-state index is -0.163. The number of anilines is 3. The molecule has 1 aliphatic heterocycles. The van der Waals surface area contributed by atoms with E-state index in [9.17, 15) is 0 Å². The van der Waals surface area contributed by atoms with Crippen LogP contribution in [0.15, 0.2) is 205 Å². The molecule has 0 unspecified atom stereocenters. The summed E-state index contributed by atoms with van der Waals surface area (Å²) in [6, 6.07) is 71.8. The van der Waals surface area contributed by atoms with Crippen molar-refractivity contribution in [3.63, 3.8) is 0 Å². The topological polar surface area (TPSA) is 25.6 Å². The summed E-state index contributed by atoms with van der Waals surface area (Å²) in [7, 11) is 0. The van der Waals surface area contributed by atoms with Crippen molar-refractivity contribution in [1.82, 2.24) is 0 Å². The van der Waals surface area contributed by atoms with Crippen LogP contribution in [0.25, 0.3) is 77.6 Å². The molecule has 3 heteroatoms. The Morgan fingerprint density at radius 1 is 0.400 bits per heavy atom. The lowest BCUT2D eigenvalue weighted by molar-refractivity contribution is 0.488. The zero-order chi connectivity index (χ0) is 40.0. The molecule has 0 spiro atoms. The van der Waals surface area contributed by atoms with Crippen LogP contribution in [0.3, 0.4) is 0 Å². The summed E-state index contributed by atoms with van der Waals surface area (Å²) in [5.41, 5.74) is 19.0. The molecule has 0 saturated heterocycles. The molecule has 2 heterocycles. The van der Waals surface area contributed by atoms with Crippen LogP contribution in [0, 0.1) is 0 Å². The lowest BCUT2D eigenvalue weighted by Crippen LogP contribution is -2.17. The Morgan fingerprint density at radius 3 is 1.93 bits per heavy atom. The number of furan rings is 1. The number of fused-ring (bicyclic) bond motifs is 11. The van der Waals surface area contributed by atoms with Crippen LogP contribution in [0.2, 0.25) is 0 Å². The van der Waals surface area contributed by atoms with Gasteiger partial charge < -0.3 is 14.1 Å². The number of ether oxygens (including phenoxy) is 1. The van der Waals surface area contributed by atoms with Crippen LogP contribution in [0.4, 0.5) is 17.1 Å². The van der Waals surface area contributed by atoms with Crippen LogP contribution in [-0.2, 0) is 5.41 Å². The van der Waals surface area contributed by atoms with Crippen molar-refractivity contribution < 1.29 is 9.15 Å². The maximum absolute atomic E-state index is 6.99. The van der Waals surface area contributed by atoms with Gasteiger partial charge in [0.05, 0.1) is 5.69 Å². The normalized spacial score (nSPS) is 13.1. The van der Waals surface area contributed by atoms with E-state index in [1.165, 1.54) is 27.8 Å². The van der Waals surface area contributed by atoms with Crippen molar-refractivity contribution in [2.75, 3.05) is 4.90 Å². The molecule has 3 nitrogen and oxygen atoms in total. The number of nitrogens with zero attached hydrogens (tertiary/aromatic N) is 1. The van der Waals surface area contributed by atoms with E-state index in [0.717, 1.165) is 89.4 Å². The first kappa shape index (κ1) is 34.4. The Bertz CT molecular complexity index is 3320. The molecule has 2 aliphatic rings. The number of rotatable bonds is 5. The Labute approximate surface area is 349 Å². The van der Waals surface area contributed by atoms with Crippen molar-refractivity contribution in [3.05, 3.63) is 211 Å². The number of hydrogen-bond donors (Lipinski definition) is 0. The summed E-state index contributed by atoms with van der Waals surface area (Å²) in [6.07, 6.45) is 0. The van der Waals surface area contributed by atoms with Gasteiger partial charge >= 0.3 is 0 Å². The molecular weight excluding hydrogens is 731 g/mol. The van der Waals surface area contributed by atoms with E-state index >= 15 is 0 Å². The summed E-state index contributed by atoms with van der Waals surface area (Å²) in [6.45, 7) is 4.69. The fourth-order valence-corrected chi connectivity index (χ4v) is 9.78. The zero-order valence-corrected chi connectivity index (χ0v) is 33.3. The third-order valence-corrected chi connectivity index (χ3v) is 12.7. The van der Waals surface area contributed by atoms with Crippen molar-refractivity contribution in [2.24, 2.45) is 0 Å². The minimum absolute atomic E-state index is 0.163. The van der Waals surface area contributed by atoms with Crippen LogP contribution >= 0.6 is 0 Å². The standard InChI is InChI=1S/C57H39NO2/c1-57(2)49-22-10-8-17-43(49)44-32-31-40(35-50(44)57)58(39-29-26-37(27-30-39)41-20-12-21-47-45-18-9-11-24-52(45)60-56(41)47)51-23-13-25-54-55(51)46-19-7-6-16-42(46)48-34-38(28-33-53(48)59-54)36-14-4-3-5-15-36/h3-35H,1-2H3. The highest BCUT2D eigenvalue weighted by atomic mass is 16.5. The zero-order valence-electron chi connectivity index (χ0n) is 33.3. The Balaban J connectivity index is 1.05. The van der Waals surface area contributed by atoms with E-state index in [2.05, 4.69) is 207 Å². The second-order valence-electron chi connectivity index (χ2n) is 16.4. The molecule has 0 fully saturated rings. The first-order chi connectivity index (χ1) is 29.5. The summed E-state index contributed by atoms with van der Waals surface area (Å²) in [5, 5.41) is 2.25. The van der Waals surface area contributed by atoms with Crippen molar-refractivity contribution in [2.45, 2.75) is 19.3 Å². The summed E-state index contributed by atoms with van der Waals surface area (Å²) in [4.78, 5) is 2.41. The van der Waals surface area contributed by atoms with Gasteiger partial charge in [-0.05, 0) is 105 Å². The Kier molecular flexibility index (Phi) is 7.58. The second kappa shape index (κ2) is 13.2. The predicted octanol–water partition coefficient (Wildman–Crippen LogP) is 16.1. The molecular formula is C57H39NO2. The van der Waals surface area contributed by atoms with Gasteiger partial charge in [-0.15, -0.1) is 0 Å². The van der Waals surface area contributed by atoms with Crippen LogP contribution in [-0.4, -0.2) is 0 Å². The molecule has 1 aliphatic carbocycles. The number of hydrogen-bond acceptors (Lipinski definition) is 3. The highest BCUT2D eigenvalue weighted by molar-refractivity contribution is 6.09. The number of benzene rings is 9. The van der Waals surface area contributed by atoms with Gasteiger partial charge in [0.2, 0.25) is 0 Å². The first-order valence-corrected chi connectivity index (χ1v) is 20.7.